The van der Waals surface area contributed by atoms with Crippen LogP contribution < -0.4 is 14.8 Å². The third-order valence-electron chi connectivity index (χ3n) is 5.05. The second-order valence-electron chi connectivity index (χ2n) is 7.08. The van der Waals surface area contributed by atoms with Crippen LogP contribution in [0.25, 0.3) is 0 Å². The van der Waals surface area contributed by atoms with Crippen LogP contribution in [0.2, 0.25) is 5.02 Å². The third kappa shape index (κ3) is 5.68. The van der Waals surface area contributed by atoms with Crippen LogP contribution in [0.15, 0.2) is 47.4 Å². The standard InChI is InChI=1S/C21H26ClN3O5S/c1-29-16-8-9-18(19(14-16)30-2)23-21(26)15-24-10-5-11-25(13-12-24)31(27,28)20-7-4-3-6-17(20)22/h3-4,6-9,14H,5,10-13,15H2,1-2H3,(H,23,26). The number of amides is 1. The Morgan fingerprint density at radius 2 is 1.84 bits per heavy atom. The highest BCUT2D eigenvalue weighted by molar-refractivity contribution is 7.89. The van der Waals surface area contributed by atoms with Gasteiger partial charge in [0.15, 0.2) is 0 Å². The number of hydrogen-bond donors (Lipinski definition) is 1. The van der Waals surface area contributed by atoms with Crippen LogP contribution in [0.4, 0.5) is 5.69 Å². The Balaban J connectivity index is 1.61. The Hall–Kier alpha value is -2.33. The summed E-state index contributed by atoms with van der Waals surface area (Å²) in [6.45, 7) is 1.86. The van der Waals surface area contributed by atoms with Crippen molar-refractivity contribution in [3.05, 3.63) is 47.5 Å². The minimum atomic E-state index is -3.69. The average Bonchev–Trinajstić information content (AvgIpc) is 3.00. The highest BCUT2D eigenvalue weighted by Crippen LogP contribution is 2.29. The molecule has 0 atom stereocenters. The molecule has 2 aromatic rings. The van der Waals surface area contributed by atoms with Gasteiger partial charge in [-0.05, 0) is 37.2 Å². The first-order valence-electron chi connectivity index (χ1n) is 9.84. The van der Waals surface area contributed by atoms with E-state index in [9.17, 15) is 13.2 Å². The number of carbonyl (C=O) groups is 1. The maximum Gasteiger partial charge on any atom is 0.244 e. The summed E-state index contributed by atoms with van der Waals surface area (Å²) in [6, 6.07) is 11.6. The lowest BCUT2D eigenvalue weighted by molar-refractivity contribution is -0.117. The van der Waals surface area contributed by atoms with Gasteiger partial charge in [0, 0.05) is 25.7 Å². The first-order valence-corrected chi connectivity index (χ1v) is 11.7. The number of halogens is 1. The van der Waals surface area contributed by atoms with E-state index >= 15 is 0 Å². The molecule has 1 heterocycles. The molecule has 0 unspecified atom stereocenters. The molecule has 1 aliphatic rings. The van der Waals surface area contributed by atoms with Crippen LogP contribution in [0, 0.1) is 0 Å². The molecule has 3 rings (SSSR count). The molecular weight excluding hydrogens is 442 g/mol. The average molecular weight is 468 g/mol. The van der Waals surface area contributed by atoms with E-state index in [0.717, 1.165) is 0 Å². The normalized spacial score (nSPS) is 15.8. The number of rotatable bonds is 7. The lowest BCUT2D eigenvalue weighted by Gasteiger charge is -2.22. The number of nitrogens with one attached hydrogen (secondary N) is 1. The van der Waals surface area contributed by atoms with E-state index in [4.69, 9.17) is 21.1 Å². The predicted molar refractivity (Wildman–Crippen MR) is 119 cm³/mol. The van der Waals surface area contributed by atoms with Crippen molar-refractivity contribution < 1.29 is 22.7 Å². The Bertz CT molecular complexity index is 1030. The fourth-order valence-corrected chi connectivity index (χ4v) is 5.40. The minimum absolute atomic E-state index is 0.106. The van der Waals surface area contributed by atoms with Gasteiger partial charge in [-0.2, -0.15) is 4.31 Å². The lowest BCUT2D eigenvalue weighted by atomic mass is 10.2. The van der Waals surface area contributed by atoms with Crippen LogP contribution in [-0.4, -0.2) is 70.5 Å². The topological polar surface area (TPSA) is 88.2 Å². The van der Waals surface area contributed by atoms with Gasteiger partial charge in [0.2, 0.25) is 15.9 Å². The highest BCUT2D eigenvalue weighted by Gasteiger charge is 2.29. The molecule has 0 radical (unpaired) electrons. The summed E-state index contributed by atoms with van der Waals surface area (Å²) < 4.78 is 37.9. The maximum atomic E-state index is 13.0. The molecule has 0 spiro atoms. The number of carbonyl (C=O) groups excluding carboxylic acids is 1. The third-order valence-corrected chi connectivity index (χ3v) is 7.45. The molecule has 168 valence electrons. The molecule has 1 amide bonds. The van der Waals surface area contributed by atoms with Crippen LogP contribution in [-0.2, 0) is 14.8 Å². The number of sulfonamides is 1. The number of ether oxygens (including phenoxy) is 2. The van der Waals surface area contributed by atoms with E-state index in [1.54, 1.807) is 43.5 Å². The summed E-state index contributed by atoms with van der Waals surface area (Å²) in [7, 11) is -0.608. The molecule has 1 fully saturated rings. The number of anilines is 1. The van der Waals surface area contributed by atoms with E-state index in [2.05, 4.69) is 5.32 Å². The SMILES string of the molecule is COc1ccc(NC(=O)CN2CCCN(S(=O)(=O)c3ccccc3Cl)CC2)c(OC)c1. The second kappa shape index (κ2) is 10.3. The lowest BCUT2D eigenvalue weighted by Crippen LogP contribution is -2.38. The Morgan fingerprint density at radius 1 is 1.06 bits per heavy atom. The van der Waals surface area contributed by atoms with Crippen molar-refractivity contribution >= 4 is 33.2 Å². The van der Waals surface area contributed by atoms with Crippen molar-refractivity contribution in [3.8, 4) is 11.5 Å². The summed E-state index contributed by atoms with van der Waals surface area (Å²) in [5.74, 6) is 0.925. The predicted octanol–water partition coefficient (Wildman–Crippen LogP) is 2.69. The van der Waals surface area contributed by atoms with Gasteiger partial charge in [0.1, 0.15) is 16.4 Å². The Labute approximate surface area is 187 Å². The summed E-state index contributed by atoms with van der Waals surface area (Å²) in [5.41, 5.74) is 0.547. The highest BCUT2D eigenvalue weighted by atomic mass is 35.5. The Morgan fingerprint density at radius 3 is 2.55 bits per heavy atom. The van der Waals surface area contributed by atoms with Crippen LogP contribution in [0.5, 0.6) is 11.5 Å². The summed E-state index contributed by atoms with van der Waals surface area (Å²) in [4.78, 5) is 14.6. The minimum Gasteiger partial charge on any atom is -0.497 e. The van der Waals surface area contributed by atoms with E-state index in [0.29, 0.717) is 43.2 Å². The Kier molecular flexibility index (Phi) is 7.77. The largest absolute Gasteiger partial charge is 0.497 e. The number of nitrogens with zero attached hydrogens (tertiary/aromatic N) is 2. The molecule has 1 saturated heterocycles. The number of hydrogen-bond acceptors (Lipinski definition) is 6. The first kappa shape index (κ1) is 23.3. The fraction of sp³-hybridized carbons (Fsp3) is 0.381. The summed E-state index contributed by atoms with van der Waals surface area (Å²) in [6.07, 6.45) is 0.614. The molecule has 10 heteroatoms. The molecule has 31 heavy (non-hydrogen) atoms. The zero-order valence-electron chi connectivity index (χ0n) is 17.5. The quantitative estimate of drug-likeness (QED) is 0.673. The van der Waals surface area contributed by atoms with Crippen molar-refractivity contribution in [1.29, 1.82) is 0 Å². The van der Waals surface area contributed by atoms with Gasteiger partial charge in [-0.25, -0.2) is 8.42 Å². The van der Waals surface area contributed by atoms with Crippen molar-refractivity contribution in [2.24, 2.45) is 0 Å². The summed E-state index contributed by atoms with van der Waals surface area (Å²) in [5, 5.41) is 3.05. The van der Waals surface area contributed by atoms with Crippen molar-refractivity contribution in [3.63, 3.8) is 0 Å². The van der Waals surface area contributed by atoms with Crippen LogP contribution >= 0.6 is 11.6 Å². The van der Waals surface area contributed by atoms with Crippen molar-refractivity contribution in [2.45, 2.75) is 11.3 Å². The molecular formula is C21H26ClN3O5S. The molecule has 1 N–H and O–H groups in total. The molecule has 8 nitrogen and oxygen atoms in total. The zero-order chi connectivity index (χ0) is 22.4. The van der Waals surface area contributed by atoms with Crippen molar-refractivity contribution in [1.82, 2.24) is 9.21 Å². The smallest absolute Gasteiger partial charge is 0.244 e. The van der Waals surface area contributed by atoms with E-state index in [1.165, 1.54) is 17.5 Å². The van der Waals surface area contributed by atoms with Gasteiger partial charge >= 0.3 is 0 Å². The van der Waals surface area contributed by atoms with E-state index in [-0.39, 0.29) is 28.9 Å². The van der Waals surface area contributed by atoms with Gasteiger partial charge in [-0.3, -0.25) is 9.69 Å². The number of benzene rings is 2. The second-order valence-corrected chi connectivity index (χ2v) is 9.39. The fourth-order valence-electron chi connectivity index (χ4n) is 3.43. The maximum absolute atomic E-state index is 13.0. The molecule has 2 aromatic carbocycles. The van der Waals surface area contributed by atoms with Gasteiger partial charge in [0.05, 0.1) is 31.5 Å². The molecule has 0 saturated carbocycles. The molecule has 1 aliphatic heterocycles. The van der Waals surface area contributed by atoms with Gasteiger partial charge in [-0.15, -0.1) is 0 Å². The van der Waals surface area contributed by atoms with Crippen LogP contribution in [0.1, 0.15) is 6.42 Å². The number of methoxy groups -OCH3 is 2. The molecule has 0 aromatic heterocycles. The van der Waals surface area contributed by atoms with Gasteiger partial charge < -0.3 is 14.8 Å². The van der Waals surface area contributed by atoms with E-state index in [1.807, 2.05) is 4.90 Å². The van der Waals surface area contributed by atoms with Gasteiger partial charge in [-0.1, -0.05) is 23.7 Å². The van der Waals surface area contributed by atoms with Crippen LogP contribution in [0.3, 0.4) is 0 Å². The zero-order valence-corrected chi connectivity index (χ0v) is 19.1. The summed E-state index contributed by atoms with van der Waals surface area (Å²) >= 11 is 6.10. The van der Waals surface area contributed by atoms with E-state index < -0.39 is 10.0 Å². The van der Waals surface area contributed by atoms with Crippen molar-refractivity contribution in [2.75, 3.05) is 52.3 Å². The first-order chi connectivity index (χ1) is 14.8. The van der Waals surface area contributed by atoms with Gasteiger partial charge in [0.25, 0.3) is 0 Å². The molecule has 0 bridgehead atoms. The monoisotopic (exact) mass is 467 g/mol. The molecule has 0 aliphatic carbocycles.